The van der Waals surface area contributed by atoms with Crippen molar-refractivity contribution in [3.05, 3.63) is 23.8 Å². The lowest BCUT2D eigenvalue weighted by Crippen LogP contribution is -2.59. The van der Waals surface area contributed by atoms with Gasteiger partial charge in [-0.25, -0.2) is 9.59 Å². The molecule has 42 heavy (non-hydrogen) atoms. The van der Waals surface area contributed by atoms with Crippen molar-refractivity contribution >= 4 is 29.7 Å². The Kier molecular flexibility index (Phi) is 8.46. The van der Waals surface area contributed by atoms with Gasteiger partial charge in [-0.05, 0) is 53.0 Å². The second kappa shape index (κ2) is 11.2. The van der Waals surface area contributed by atoms with Gasteiger partial charge in [-0.1, -0.05) is 12.7 Å². The second-order valence-corrected chi connectivity index (χ2v) is 12.0. The predicted molar refractivity (Wildman–Crippen MR) is 143 cm³/mol. The highest BCUT2D eigenvalue weighted by molar-refractivity contribution is 6.05. The van der Waals surface area contributed by atoms with Crippen LogP contribution in [0.1, 0.15) is 59.3 Å². The number of nitrogens with zero attached hydrogens (tertiary/aromatic N) is 1. The van der Waals surface area contributed by atoms with E-state index in [0.717, 1.165) is 7.11 Å². The fraction of sp³-hybridized carbons (Fsp3) is 0.690. The third-order valence-corrected chi connectivity index (χ3v) is 9.34. The van der Waals surface area contributed by atoms with Crippen LogP contribution in [-0.4, -0.2) is 111 Å². The lowest BCUT2D eigenvalue weighted by molar-refractivity contribution is -0.194. The number of hydrogen-bond donors (Lipinski definition) is 3. The molecule has 2 bridgehead atoms. The standard InChI is InChI=1S/C29H39NO12/c1-6-18-25(37)41-27(4)13-21(40-24(36)17(15-31)14-30-11-7-8-19(30)22(33)34)29(16(2)23(35)39-5)20(32)12-26(3,42-29)9-10-28(18,27)38/h6,17,19,21,31,38H,2,7-15H2,1,3-5H3,(H,33,34). The van der Waals surface area contributed by atoms with E-state index in [2.05, 4.69) is 6.58 Å². The molecule has 4 saturated heterocycles. The van der Waals surface area contributed by atoms with Crippen LogP contribution >= 0.6 is 0 Å². The zero-order valence-corrected chi connectivity index (χ0v) is 24.3. The van der Waals surface area contributed by atoms with Crippen molar-refractivity contribution < 1.29 is 58.2 Å². The van der Waals surface area contributed by atoms with Gasteiger partial charge in [-0.15, -0.1) is 0 Å². The molecule has 7 atom stereocenters. The summed E-state index contributed by atoms with van der Waals surface area (Å²) in [6.45, 7) is 7.98. The number of aliphatic hydroxyl groups excluding tert-OH is 1. The number of ether oxygens (including phenoxy) is 4. The Morgan fingerprint density at radius 2 is 1.93 bits per heavy atom. The van der Waals surface area contributed by atoms with E-state index in [1.165, 1.54) is 13.0 Å². The topological polar surface area (TPSA) is 186 Å². The van der Waals surface area contributed by atoms with Gasteiger partial charge in [0.25, 0.3) is 0 Å². The van der Waals surface area contributed by atoms with Crippen LogP contribution in [-0.2, 0) is 42.9 Å². The summed E-state index contributed by atoms with van der Waals surface area (Å²) in [5.74, 6) is -5.67. The molecule has 4 rings (SSSR count). The summed E-state index contributed by atoms with van der Waals surface area (Å²) in [6, 6.07) is -0.839. The van der Waals surface area contributed by atoms with Crippen LogP contribution < -0.4 is 0 Å². The summed E-state index contributed by atoms with van der Waals surface area (Å²) < 4.78 is 22.9. The van der Waals surface area contributed by atoms with Crippen LogP contribution in [0.4, 0.5) is 0 Å². The van der Waals surface area contributed by atoms with Crippen LogP contribution in [0.15, 0.2) is 23.8 Å². The normalized spacial score (nSPS) is 38.2. The van der Waals surface area contributed by atoms with Crippen LogP contribution in [0.5, 0.6) is 0 Å². The molecular weight excluding hydrogens is 554 g/mol. The molecule has 0 aromatic rings. The first-order chi connectivity index (χ1) is 19.6. The molecule has 4 fully saturated rings. The van der Waals surface area contributed by atoms with Gasteiger partial charge >= 0.3 is 23.9 Å². The fourth-order valence-corrected chi connectivity index (χ4v) is 6.92. The highest BCUT2D eigenvalue weighted by Gasteiger charge is 2.69. The van der Waals surface area contributed by atoms with Crippen molar-refractivity contribution in [1.29, 1.82) is 0 Å². The maximum absolute atomic E-state index is 13.9. The first-order valence-corrected chi connectivity index (χ1v) is 14.0. The SMILES string of the molecule is C=C(C(=O)OC)C12OC(C)(CCC3(O)C(=CC)C(=O)OC3(C)CC1OC(=O)C(CO)CN1CCCC1C(=O)O)CC2=O. The summed E-state index contributed by atoms with van der Waals surface area (Å²) in [7, 11) is 1.09. The Morgan fingerprint density at radius 1 is 1.24 bits per heavy atom. The van der Waals surface area contributed by atoms with Crippen LogP contribution in [0, 0.1) is 5.92 Å². The number of hydrogen-bond acceptors (Lipinski definition) is 12. The number of carbonyl (C=O) groups is 5. The minimum absolute atomic E-state index is 0.00519. The number of carboxylic acid groups (broad SMARTS) is 1. The molecule has 4 aliphatic heterocycles. The summed E-state index contributed by atoms with van der Waals surface area (Å²) in [4.78, 5) is 66.5. The Morgan fingerprint density at radius 3 is 2.52 bits per heavy atom. The van der Waals surface area contributed by atoms with Gasteiger partial charge < -0.3 is 34.3 Å². The summed E-state index contributed by atoms with van der Waals surface area (Å²) in [5, 5.41) is 31.7. The lowest BCUT2D eigenvalue weighted by Gasteiger charge is -2.42. The van der Waals surface area contributed by atoms with E-state index in [1.807, 2.05) is 0 Å². The molecule has 232 valence electrons. The van der Waals surface area contributed by atoms with E-state index in [9.17, 15) is 39.3 Å². The van der Waals surface area contributed by atoms with Gasteiger partial charge in [0.15, 0.2) is 11.4 Å². The average molecular weight is 594 g/mol. The monoisotopic (exact) mass is 593 g/mol. The van der Waals surface area contributed by atoms with E-state index < -0.39 is 88.7 Å². The van der Waals surface area contributed by atoms with E-state index in [-0.39, 0.29) is 31.4 Å². The van der Waals surface area contributed by atoms with E-state index in [1.54, 1.807) is 18.7 Å². The van der Waals surface area contributed by atoms with Crippen molar-refractivity contribution in [2.75, 3.05) is 26.8 Å². The number of aliphatic hydroxyl groups is 2. The van der Waals surface area contributed by atoms with Gasteiger partial charge in [0, 0.05) is 19.4 Å². The lowest BCUT2D eigenvalue weighted by atomic mass is 9.69. The molecule has 4 aliphatic rings. The molecule has 13 heteroatoms. The molecule has 13 nitrogen and oxygen atoms in total. The molecule has 0 amide bonds. The Balaban J connectivity index is 1.80. The maximum Gasteiger partial charge on any atom is 0.337 e. The van der Waals surface area contributed by atoms with Crippen molar-refractivity contribution in [1.82, 2.24) is 4.90 Å². The number of carboxylic acids is 1. The van der Waals surface area contributed by atoms with E-state index >= 15 is 0 Å². The largest absolute Gasteiger partial charge is 0.480 e. The zero-order valence-electron chi connectivity index (χ0n) is 24.3. The van der Waals surface area contributed by atoms with Crippen molar-refractivity contribution in [3.63, 3.8) is 0 Å². The minimum Gasteiger partial charge on any atom is -0.480 e. The second-order valence-electron chi connectivity index (χ2n) is 12.0. The molecule has 7 unspecified atom stereocenters. The molecule has 4 heterocycles. The number of esters is 3. The van der Waals surface area contributed by atoms with Gasteiger partial charge in [0.1, 0.15) is 23.3 Å². The highest BCUT2D eigenvalue weighted by Crippen LogP contribution is 2.55. The molecule has 0 saturated carbocycles. The number of likely N-dealkylation sites (tertiary alicyclic amines) is 1. The zero-order chi connectivity index (χ0) is 31.3. The van der Waals surface area contributed by atoms with Crippen LogP contribution in [0.3, 0.4) is 0 Å². The average Bonchev–Trinajstić information content (AvgIpc) is 3.56. The van der Waals surface area contributed by atoms with Crippen molar-refractivity contribution in [3.8, 4) is 0 Å². The number of allylic oxidation sites excluding steroid dienone is 1. The number of rotatable bonds is 8. The van der Waals surface area contributed by atoms with Gasteiger partial charge in [-0.3, -0.25) is 19.3 Å². The molecule has 0 aliphatic carbocycles. The van der Waals surface area contributed by atoms with Crippen molar-refractivity contribution in [2.45, 2.75) is 93.8 Å². The molecule has 0 aromatic carbocycles. The van der Waals surface area contributed by atoms with Gasteiger partial charge in [0.05, 0.1) is 36.4 Å². The van der Waals surface area contributed by atoms with Crippen LogP contribution in [0.2, 0.25) is 0 Å². The van der Waals surface area contributed by atoms with E-state index in [0.29, 0.717) is 19.4 Å². The Bertz CT molecular complexity index is 1230. The Hall–Kier alpha value is -3.13. The number of Topliss-reactive ketones (excluding diaryl/α,β-unsaturated/α-hetero) is 1. The predicted octanol–water partition coefficient (Wildman–Crippen LogP) is 0.449. The number of ketones is 1. The molecule has 0 spiro atoms. The quantitative estimate of drug-likeness (QED) is 0.200. The first kappa shape index (κ1) is 31.8. The maximum atomic E-state index is 13.9. The molecule has 0 aromatic heterocycles. The third kappa shape index (κ3) is 4.95. The Labute approximate surface area is 243 Å². The molecule has 3 N–H and O–H groups in total. The highest BCUT2D eigenvalue weighted by atomic mass is 16.6. The number of methoxy groups -OCH3 is 1. The van der Waals surface area contributed by atoms with Crippen LogP contribution in [0.25, 0.3) is 0 Å². The first-order valence-electron chi connectivity index (χ1n) is 14.0. The van der Waals surface area contributed by atoms with Crippen molar-refractivity contribution in [2.24, 2.45) is 5.92 Å². The van der Waals surface area contributed by atoms with E-state index in [4.69, 9.17) is 18.9 Å². The number of carbonyl (C=O) groups excluding carboxylic acids is 4. The smallest absolute Gasteiger partial charge is 0.337 e. The van der Waals surface area contributed by atoms with Gasteiger partial charge in [-0.2, -0.15) is 0 Å². The molecule has 0 radical (unpaired) electrons. The van der Waals surface area contributed by atoms with Gasteiger partial charge in [0.2, 0.25) is 0 Å². The minimum atomic E-state index is -2.26. The number of aliphatic carboxylic acids is 1. The summed E-state index contributed by atoms with van der Waals surface area (Å²) in [6.07, 6.45) is 0.0729. The fourth-order valence-electron chi connectivity index (χ4n) is 6.92. The number of fused-ring (bicyclic) bond motifs is 3. The summed E-state index contributed by atoms with van der Waals surface area (Å²) >= 11 is 0. The summed E-state index contributed by atoms with van der Waals surface area (Å²) in [5.41, 5.74) is -7.54. The molecular formula is C29H39NO12. The third-order valence-electron chi connectivity index (χ3n) is 9.34.